The zero-order valence-electron chi connectivity index (χ0n) is 20.3. The molecule has 2 nitrogen and oxygen atoms in total. The number of rotatable bonds is 4. The Morgan fingerprint density at radius 1 is 0.645 bits per heavy atom. The molecule has 0 fully saturated rings. The molecule has 31 heavy (non-hydrogen) atoms. The van der Waals surface area contributed by atoms with Crippen LogP contribution >= 0.6 is 0 Å². The zero-order valence-corrected chi connectivity index (χ0v) is 20.3. The molecule has 0 bridgehead atoms. The lowest BCUT2D eigenvalue weighted by atomic mass is 9.68. The molecule has 2 heteroatoms. The van der Waals surface area contributed by atoms with Crippen LogP contribution in [0.25, 0.3) is 0 Å². The largest absolute Gasteiger partial charge is 0.495 e. The minimum atomic E-state index is -0.408. The minimum absolute atomic E-state index is 0.408. The van der Waals surface area contributed by atoms with Gasteiger partial charge in [0.25, 0.3) is 0 Å². The smallest absolute Gasteiger partial charge is 0.139 e. The van der Waals surface area contributed by atoms with Gasteiger partial charge >= 0.3 is 0 Å². The average molecular weight is 412 g/mol. The van der Waals surface area contributed by atoms with Gasteiger partial charge in [-0.05, 0) is 117 Å². The molecule has 3 aromatic rings. The quantitative estimate of drug-likeness (QED) is 0.430. The van der Waals surface area contributed by atoms with Gasteiger partial charge in [-0.15, -0.1) is 0 Å². The van der Waals surface area contributed by atoms with E-state index in [-0.39, 0.29) is 0 Å². The zero-order chi connectivity index (χ0) is 23.1. The van der Waals surface area contributed by atoms with Crippen molar-refractivity contribution in [1.29, 1.82) is 5.26 Å². The van der Waals surface area contributed by atoms with Crippen LogP contribution in [0.4, 0.5) is 0 Å². The summed E-state index contributed by atoms with van der Waals surface area (Å²) >= 11 is 0. The van der Waals surface area contributed by atoms with Crippen LogP contribution in [0.15, 0.2) is 36.4 Å². The van der Waals surface area contributed by atoms with E-state index in [1.165, 1.54) is 44.5 Å². The highest BCUT2D eigenvalue weighted by Gasteiger charge is 2.34. The number of aryl methyl sites for hydroxylation is 5. The first kappa shape index (κ1) is 22.6. The van der Waals surface area contributed by atoms with Crippen molar-refractivity contribution in [3.05, 3.63) is 97.6 Å². The maximum absolute atomic E-state index is 9.82. The van der Waals surface area contributed by atoms with Crippen LogP contribution in [-0.2, 0) is 5.41 Å². The van der Waals surface area contributed by atoms with E-state index in [1.807, 2.05) is 13.0 Å². The summed E-state index contributed by atoms with van der Waals surface area (Å²) in [5.41, 5.74) is 12.5. The van der Waals surface area contributed by atoms with Crippen LogP contribution in [0.3, 0.4) is 0 Å². The molecule has 0 aromatic heterocycles. The summed E-state index contributed by atoms with van der Waals surface area (Å²) in [5, 5.41) is 9.82. The number of nitriles is 1. The number of ether oxygens (including phenoxy) is 1. The Bertz CT molecular complexity index is 1110. The molecule has 0 aliphatic heterocycles. The lowest BCUT2D eigenvalue weighted by Gasteiger charge is -2.34. The first-order chi connectivity index (χ1) is 14.5. The van der Waals surface area contributed by atoms with Gasteiger partial charge in [0, 0.05) is 5.41 Å². The van der Waals surface area contributed by atoms with E-state index in [0.29, 0.717) is 11.3 Å². The van der Waals surface area contributed by atoms with E-state index in [4.69, 9.17) is 4.74 Å². The molecule has 0 amide bonds. The highest BCUT2D eigenvalue weighted by Crippen LogP contribution is 2.43. The van der Waals surface area contributed by atoms with Gasteiger partial charge in [0.2, 0.25) is 0 Å². The first-order valence-electron chi connectivity index (χ1n) is 10.8. The fourth-order valence-corrected chi connectivity index (χ4v) is 4.57. The van der Waals surface area contributed by atoms with Crippen molar-refractivity contribution in [3.63, 3.8) is 0 Å². The van der Waals surface area contributed by atoms with Crippen LogP contribution in [0, 0.1) is 59.8 Å². The topological polar surface area (TPSA) is 33.0 Å². The lowest BCUT2D eigenvalue weighted by molar-refractivity contribution is 0.410. The van der Waals surface area contributed by atoms with Crippen LogP contribution in [-0.4, -0.2) is 7.11 Å². The SMILES string of the molecule is COc1c(C)cc(C(C)(c2cc(C)c(C)c(C)c2)c2cc(C)c(C)c(C)c2)cc1C#N. The van der Waals surface area contributed by atoms with Gasteiger partial charge in [0.1, 0.15) is 11.8 Å². The van der Waals surface area contributed by atoms with Crippen LogP contribution < -0.4 is 4.74 Å². The molecule has 0 aliphatic carbocycles. The predicted octanol–water partition coefficient (Wildman–Crippen LogP) is 7.08. The van der Waals surface area contributed by atoms with Crippen LogP contribution in [0.5, 0.6) is 5.75 Å². The molecule has 0 saturated heterocycles. The molecular formula is C29H33NO. The van der Waals surface area contributed by atoms with Crippen molar-refractivity contribution in [2.24, 2.45) is 0 Å². The monoisotopic (exact) mass is 411 g/mol. The van der Waals surface area contributed by atoms with E-state index >= 15 is 0 Å². The molecule has 0 heterocycles. The normalized spacial score (nSPS) is 11.4. The Kier molecular flexibility index (Phi) is 6.01. The Morgan fingerprint density at radius 2 is 1.00 bits per heavy atom. The summed E-state index contributed by atoms with van der Waals surface area (Å²) in [7, 11) is 1.63. The second kappa shape index (κ2) is 8.23. The van der Waals surface area contributed by atoms with Crippen LogP contribution in [0.1, 0.15) is 68.1 Å². The molecule has 160 valence electrons. The number of methoxy groups -OCH3 is 1. The summed E-state index contributed by atoms with van der Waals surface area (Å²) in [4.78, 5) is 0. The number of hydrogen-bond donors (Lipinski definition) is 0. The standard InChI is InChI=1S/C29H33NO/c1-17-10-25(11-18(2)22(17)6)29(8,26-12-19(3)23(7)20(4)13-26)27-14-21(5)28(31-9)24(15-27)16-30/h10-15H,1-9H3. The Balaban J connectivity index is 2.44. The molecule has 0 spiro atoms. The van der Waals surface area contributed by atoms with Crippen molar-refractivity contribution < 1.29 is 4.74 Å². The summed E-state index contributed by atoms with van der Waals surface area (Å²) < 4.78 is 5.53. The molecule has 0 unspecified atom stereocenters. The Labute approximate surface area is 187 Å². The van der Waals surface area contributed by atoms with Gasteiger partial charge in [-0.25, -0.2) is 0 Å². The number of hydrogen-bond acceptors (Lipinski definition) is 2. The summed E-state index contributed by atoms with van der Waals surface area (Å²) in [6.07, 6.45) is 0. The maximum Gasteiger partial charge on any atom is 0.139 e. The van der Waals surface area contributed by atoms with E-state index in [0.717, 1.165) is 11.1 Å². The molecule has 0 saturated carbocycles. The van der Waals surface area contributed by atoms with Crippen molar-refractivity contribution in [1.82, 2.24) is 0 Å². The van der Waals surface area contributed by atoms with E-state index < -0.39 is 5.41 Å². The minimum Gasteiger partial charge on any atom is -0.495 e. The molecule has 0 aliphatic rings. The molecular weight excluding hydrogens is 378 g/mol. The predicted molar refractivity (Wildman–Crippen MR) is 129 cm³/mol. The third kappa shape index (κ3) is 3.74. The highest BCUT2D eigenvalue weighted by atomic mass is 16.5. The number of nitrogens with zero attached hydrogens (tertiary/aromatic N) is 1. The van der Waals surface area contributed by atoms with E-state index in [1.54, 1.807) is 7.11 Å². The highest BCUT2D eigenvalue weighted by molar-refractivity contribution is 5.59. The molecule has 0 N–H and O–H groups in total. The van der Waals surface area contributed by atoms with E-state index in [9.17, 15) is 5.26 Å². The summed E-state index contributed by atoms with van der Waals surface area (Å²) in [6.45, 7) is 17.4. The number of benzene rings is 3. The van der Waals surface area contributed by atoms with Gasteiger partial charge < -0.3 is 4.74 Å². The second-order valence-corrected chi connectivity index (χ2v) is 9.08. The molecule has 3 aromatic carbocycles. The fraction of sp³-hybridized carbons (Fsp3) is 0.345. The Morgan fingerprint density at radius 3 is 1.35 bits per heavy atom. The fourth-order valence-electron chi connectivity index (χ4n) is 4.57. The summed E-state index contributed by atoms with van der Waals surface area (Å²) in [5.74, 6) is 0.654. The Hall–Kier alpha value is -3.05. The summed E-state index contributed by atoms with van der Waals surface area (Å²) in [6, 6.07) is 15.7. The molecule has 0 atom stereocenters. The van der Waals surface area contributed by atoms with Gasteiger partial charge in [0.15, 0.2) is 0 Å². The van der Waals surface area contributed by atoms with Gasteiger partial charge in [-0.2, -0.15) is 5.26 Å². The van der Waals surface area contributed by atoms with E-state index in [2.05, 4.69) is 84.9 Å². The third-order valence-electron chi connectivity index (χ3n) is 7.19. The first-order valence-corrected chi connectivity index (χ1v) is 10.8. The van der Waals surface area contributed by atoms with Gasteiger partial charge in [-0.3, -0.25) is 0 Å². The third-order valence-corrected chi connectivity index (χ3v) is 7.19. The van der Waals surface area contributed by atoms with Crippen molar-refractivity contribution in [2.75, 3.05) is 7.11 Å². The second-order valence-electron chi connectivity index (χ2n) is 9.08. The lowest BCUT2D eigenvalue weighted by Crippen LogP contribution is -2.27. The van der Waals surface area contributed by atoms with Crippen molar-refractivity contribution in [2.45, 2.75) is 60.8 Å². The van der Waals surface area contributed by atoms with Crippen molar-refractivity contribution >= 4 is 0 Å². The molecule has 3 rings (SSSR count). The average Bonchev–Trinajstić information content (AvgIpc) is 2.73. The van der Waals surface area contributed by atoms with Crippen molar-refractivity contribution in [3.8, 4) is 11.8 Å². The van der Waals surface area contributed by atoms with Crippen LogP contribution in [0.2, 0.25) is 0 Å². The van der Waals surface area contributed by atoms with Gasteiger partial charge in [-0.1, -0.05) is 30.3 Å². The molecule has 0 radical (unpaired) electrons. The maximum atomic E-state index is 9.82. The van der Waals surface area contributed by atoms with Gasteiger partial charge in [0.05, 0.1) is 12.7 Å².